The maximum atomic E-state index is 12.3. The van der Waals surface area contributed by atoms with Gasteiger partial charge in [-0.3, -0.25) is 9.59 Å². The first-order chi connectivity index (χ1) is 10.1. The maximum Gasteiger partial charge on any atom is 0.257 e. The molecule has 0 bridgehead atoms. The number of hydrogen-bond acceptors (Lipinski definition) is 3. The van der Waals surface area contributed by atoms with E-state index in [4.69, 9.17) is 0 Å². The number of benzene rings is 1. The minimum absolute atomic E-state index is 0.00409. The number of nitrogens with zero attached hydrogens (tertiary/aromatic N) is 1. The van der Waals surface area contributed by atoms with E-state index in [2.05, 4.69) is 15.3 Å². The van der Waals surface area contributed by atoms with Crippen molar-refractivity contribution in [1.82, 2.24) is 9.97 Å². The van der Waals surface area contributed by atoms with E-state index in [1.165, 1.54) is 6.92 Å². The first kappa shape index (κ1) is 13.1. The Morgan fingerprint density at radius 1 is 1.14 bits per heavy atom. The second-order valence-corrected chi connectivity index (χ2v) is 4.69. The van der Waals surface area contributed by atoms with Gasteiger partial charge < -0.3 is 10.3 Å². The van der Waals surface area contributed by atoms with E-state index in [9.17, 15) is 9.59 Å². The van der Waals surface area contributed by atoms with Crippen LogP contribution in [0.25, 0.3) is 11.0 Å². The van der Waals surface area contributed by atoms with Crippen LogP contribution in [0.15, 0.2) is 48.8 Å². The third-order valence-corrected chi connectivity index (χ3v) is 3.25. The van der Waals surface area contributed by atoms with E-state index in [-0.39, 0.29) is 11.7 Å². The highest BCUT2D eigenvalue weighted by atomic mass is 16.1. The summed E-state index contributed by atoms with van der Waals surface area (Å²) >= 11 is 0. The number of anilines is 1. The number of amides is 1. The maximum absolute atomic E-state index is 12.3. The number of aromatic nitrogens is 2. The number of carbonyl (C=O) groups is 2. The molecule has 5 nitrogen and oxygen atoms in total. The van der Waals surface area contributed by atoms with Crippen LogP contribution in [0.4, 0.5) is 5.69 Å². The second kappa shape index (κ2) is 5.20. The molecule has 0 atom stereocenters. The van der Waals surface area contributed by atoms with Crippen LogP contribution in [0.3, 0.4) is 0 Å². The summed E-state index contributed by atoms with van der Waals surface area (Å²) < 4.78 is 0. The van der Waals surface area contributed by atoms with Gasteiger partial charge in [-0.2, -0.15) is 0 Å². The predicted molar refractivity (Wildman–Crippen MR) is 80.5 cm³/mol. The highest BCUT2D eigenvalue weighted by Gasteiger charge is 2.12. The summed E-state index contributed by atoms with van der Waals surface area (Å²) in [4.78, 5) is 30.6. The number of H-pyrrole nitrogens is 1. The minimum atomic E-state index is -0.218. The Kier molecular flexibility index (Phi) is 3.23. The predicted octanol–water partition coefficient (Wildman–Crippen LogP) is 3.02. The fourth-order valence-corrected chi connectivity index (χ4v) is 2.13. The summed E-state index contributed by atoms with van der Waals surface area (Å²) in [6.07, 6.45) is 3.30. The number of rotatable bonds is 3. The van der Waals surface area contributed by atoms with Gasteiger partial charge in [0, 0.05) is 29.0 Å². The Labute approximate surface area is 121 Å². The average Bonchev–Trinajstić information content (AvgIpc) is 2.92. The van der Waals surface area contributed by atoms with Crippen molar-refractivity contribution in [3.8, 4) is 0 Å². The van der Waals surface area contributed by atoms with Gasteiger partial charge in [-0.25, -0.2) is 4.98 Å². The number of ketones is 1. The van der Waals surface area contributed by atoms with Crippen LogP contribution in [-0.4, -0.2) is 21.7 Å². The summed E-state index contributed by atoms with van der Waals surface area (Å²) in [5, 5.41) is 3.58. The molecule has 0 spiro atoms. The van der Waals surface area contributed by atoms with Gasteiger partial charge in [0.25, 0.3) is 5.91 Å². The zero-order chi connectivity index (χ0) is 14.8. The fraction of sp³-hybridized carbons (Fsp3) is 0.0625. The van der Waals surface area contributed by atoms with Crippen LogP contribution in [0.5, 0.6) is 0 Å². The lowest BCUT2D eigenvalue weighted by Crippen LogP contribution is -2.11. The van der Waals surface area contributed by atoms with Gasteiger partial charge in [0.05, 0.1) is 5.56 Å². The van der Waals surface area contributed by atoms with E-state index >= 15 is 0 Å². The Morgan fingerprint density at radius 2 is 1.90 bits per heavy atom. The summed E-state index contributed by atoms with van der Waals surface area (Å²) in [6, 6.07) is 10.4. The first-order valence-electron chi connectivity index (χ1n) is 6.49. The Morgan fingerprint density at radius 3 is 2.62 bits per heavy atom. The van der Waals surface area contributed by atoms with Crippen LogP contribution in [0.2, 0.25) is 0 Å². The molecule has 2 heterocycles. The van der Waals surface area contributed by atoms with Crippen LogP contribution in [0.1, 0.15) is 27.6 Å². The Bertz CT molecular complexity index is 819. The SMILES string of the molecule is CC(=O)c1ccc(NC(=O)c2c[nH]c3ncccc23)cc1. The first-order valence-corrected chi connectivity index (χ1v) is 6.49. The molecule has 0 aliphatic rings. The van der Waals surface area contributed by atoms with E-state index in [0.717, 1.165) is 5.39 Å². The molecule has 2 N–H and O–H groups in total. The molecule has 2 aromatic heterocycles. The van der Waals surface area contributed by atoms with Crippen LogP contribution in [0, 0.1) is 0 Å². The van der Waals surface area contributed by atoms with Gasteiger partial charge in [-0.1, -0.05) is 0 Å². The van der Waals surface area contributed by atoms with Gasteiger partial charge >= 0.3 is 0 Å². The van der Waals surface area contributed by atoms with Crippen LogP contribution in [-0.2, 0) is 0 Å². The zero-order valence-corrected chi connectivity index (χ0v) is 11.4. The van der Waals surface area contributed by atoms with Crippen molar-refractivity contribution in [2.75, 3.05) is 5.32 Å². The van der Waals surface area contributed by atoms with Crippen molar-refractivity contribution in [2.24, 2.45) is 0 Å². The van der Waals surface area contributed by atoms with Gasteiger partial charge in [-0.15, -0.1) is 0 Å². The monoisotopic (exact) mass is 279 g/mol. The van der Waals surface area contributed by atoms with Crippen molar-refractivity contribution < 1.29 is 9.59 Å². The van der Waals surface area contributed by atoms with Gasteiger partial charge in [-0.05, 0) is 43.3 Å². The summed E-state index contributed by atoms with van der Waals surface area (Å²) in [5.41, 5.74) is 2.47. The van der Waals surface area contributed by atoms with Crippen LogP contribution < -0.4 is 5.32 Å². The standard InChI is InChI=1S/C16H13N3O2/c1-10(20)11-4-6-12(7-5-11)19-16(21)14-9-18-15-13(14)3-2-8-17-15/h2-9H,1H3,(H,17,18)(H,19,21). The van der Waals surface area contributed by atoms with Crippen LogP contribution >= 0.6 is 0 Å². The van der Waals surface area contributed by atoms with Crippen molar-refractivity contribution >= 4 is 28.4 Å². The normalized spacial score (nSPS) is 10.5. The molecule has 104 valence electrons. The van der Waals surface area contributed by atoms with Gasteiger partial charge in [0.1, 0.15) is 5.65 Å². The van der Waals surface area contributed by atoms with Gasteiger partial charge in [0.2, 0.25) is 0 Å². The molecule has 0 radical (unpaired) electrons. The number of fused-ring (bicyclic) bond motifs is 1. The largest absolute Gasteiger partial charge is 0.345 e. The Balaban J connectivity index is 1.84. The van der Waals surface area contributed by atoms with Crippen molar-refractivity contribution in [1.29, 1.82) is 0 Å². The number of nitrogens with one attached hydrogen (secondary N) is 2. The highest BCUT2D eigenvalue weighted by Crippen LogP contribution is 2.18. The lowest BCUT2D eigenvalue weighted by atomic mass is 10.1. The molecular weight excluding hydrogens is 266 g/mol. The van der Waals surface area contributed by atoms with Crippen molar-refractivity contribution in [3.05, 3.63) is 59.9 Å². The highest BCUT2D eigenvalue weighted by molar-refractivity contribution is 6.12. The molecule has 3 aromatic rings. The molecular formula is C16H13N3O2. The minimum Gasteiger partial charge on any atom is -0.345 e. The third kappa shape index (κ3) is 2.53. The van der Waals surface area contributed by atoms with E-state index in [1.807, 2.05) is 6.07 Å². The lowest BCUT2D eigenvalue weighted by molar-refractivity contribution is 0.101. The lowest BCUT2D eigenvalue weighted by Gasteiger charge is -2.05. The van der Waals surface area contributed by atoms with E-state index < -0.39 is 0 Å². The third-order valence-electron chi connectivity index (χ3n) is 3.25. The Hall–Kier alpha value is -2.95. The zero-order valence-electron chi connectivity index (χ0n) is 11.4. The molecule has 0 aliphatic carbocycles. The smallest absolute Gasteiger partial charge is 0.257 e. The number of Topliss-reactive ketones (excluding diaryl/α,β-unsaturated/α-hetero) is 1. The van der Waals surface area contributed by atoms with E-state index in [1.54, 1.807) is 42.7 Å². The molecule has 0 saturated carbocycles. The molecule has 0 saturated heterocycles. The number of pyridine rings is 1. The average molecular weight is 279 g/mol. The second-order valence-electron chi connectivity index (χ2n) is 4.69. The molecule has 1 aromatic carbocycles. The van der Waals surface area contributed by atoms with Gasteiger partial charge in [0.15, 0.2) is 5.78 Å². The molecule has 0 fully saturated rings. The number of carbonyl (C=O) groups excluding carboxylic acids is 2. The quantitative estimate of drug-likeness (QED) is 0.724. The molecule has 5 heteroatoms. The van der Waals surface area contributed by atoms with E-state index in [0.29, 0.717) is 22.5 Å². The topological polar surface area (TPSA) is 74.8 Å². The fourth-order valence-electron chi connectivity index (χ4n) is 2.13. The molecule has 0 unspecified atom stereocenters. The molecule has 3 rings (SSSR count). The summed E-state index contributed by atoms with van der Waals surface area (Å²) in [6.45, 7) is 1.51. The molecule has 21 heavy (non-hydrogen) atoms. The molecule has 1 amide bonds. The molecule has 0 aliphatic heterocycles. The van der Waals surface area contributed by atoms with Crippen molar-refractivity contribution in [2.45, 2.75) is 6.92 Å². The summed E-state index contributed by atoms with van der Waals surface area (Å²) in [7, 11) is 0. The van der Waals surface area contributed by atoms with Crippen molar-refractivity contribution in [3.63, 3.8) is 0 Å². The summed E-state index contributed by atoms with van der Waals surface area (Å²) in [5.74, 6) is -0.222. The number of hydrogen-bond donors (Lipinski definition) is 2. The number of aromatic amines is 1.